The number of thiophene rings is 1. The summed E-state index contributed by atoms with van der Waals surface area (Å²) in [6.45, 7) is 2.76. The summed E-state index contributed by atoms with van der Waals surface area (Å²) in [5.41, 5.74) is 0.600. The number of benzene rings is 1. The Bertz CT molecular complexity index is 794. The summed E-state index contributed by atoms with van der Waals surface area (Å²) >= 11 is 1.27. The quantitative estimate of drug-likeness (QED) is 0.195. The van der Waals surface area contributed by atoms with Gasteiger partial charge in [0.2, 0.25) is 0 Å². The van der Waals surface area contributed by atoms with Crippen LogP contribution in [0.5, 0.6) is 0 Å². The van der Waals surface area contributed by atoms with Crippen molar-refractivity contribution in [3.05, 3.63) is 52.2 Å². The van der Waals surface area contributed by atoms with Crippen LogP contribution in [-0.4, -0.2) is 31.1 Å². The fourth-order valence-corrected chi connectivity index (χ4v) is 3.19. The zero-order valence-corrected chi connectivity index (χ0v) is 16.5. The highest BCUT2D eigenvalue weighted by Gasteiger charge is 2.16. The molecule has 0 atom stereocenters. The number of nitrogens with one attached hydrogen (secondary N) is 2. The molecule has 9 heteroatoms. The van der Waals surface area contributed by atoms with Crippen molar-refractivity contribution in [2.75, 3.05) is 18.2 Å². The Morgan fingerprint density at radius 2 is 1.86 bits per heavy atom. The van der Waals surface area contributed by atoms with E-state index >= 15 is 0 Å². The van der Waals surface area contributed by atoms with Crippen molar-refractivity contribution in [3.63, 3.8) is 0 Å². The number of anilines is 1. The van der Waals surface area contributed by atoms with E-state index in [0.717, 1.165) is 9.89 Å². The lowest BCUT2D eigenvalue weighted by atomic mass is 10.3. The monoisotopic (exact) mass is 404 g/mol. The first kappa shape index (κ1) is 21.4. The number of amides is 3. The molecule has 0 aliphatic rings. The molecular weight excluding hydrogens is 380 g/mol. The first-order chi connectivity index (χ1) is 13.5. The molecule has 0 bridgehead atoms. The Labute approximate surface area is 167 Å². The molecule has 1 aromatic heterocycles. The van der Waals surface area contributed by atoms with E-state index < -0.39 is 0 Å². The average molecular weight is 404 g/mol. The molecule has 8 nitrogen and oxygen atoms in total. The van der Waals surface area contributed by atoms with Gasteiger partial charge in [0.05, 0.1) is 23.7 Å². The van der Waals surface area contributed by atoms with Crippen molar-refractivity contribution in [2.45, 2.75) is 26.3 Å². The van der Waals surface area contributed by atoms with E-state index in [9.17, 15) is 14.4 Å². The number of para-hydroxylation sites is 1. The molecule has 4 N–H and O–H groups in total. The molecule has 0 radical (unpaired) electrons. The van der Waals surface area contributed by atoms with E-state index in [-0.39, 0.29) is 30.9 Å². The van der Waals surface area contributed by atoms with Gasteiger partial charge in [0.1, 0.15) is 0 Å². The smallest absolute Gasteiger partial charge is 0.315 e. The summed E-state index contributed by atoms with van der Waals surface area (Å²) in [7, 11) is 0. The topological polar surface area (TPSA) is 114 Å². The van der Waals surface area contributed by atoms with Gasteiger partial charge in [-0.3, -0.25) is 9.59 Å². The average Bonchev–Trinajstić information content (AvgIpc) is 3.18. The SMILES string of the molecule is CCOC(=O)CCCNC(=O)NCc1ccc(C(=O)N(N)c2ccccc2)s1. The van der Waals surface area contributed by atoms with E-state index in [2.05, 4.69) is 10.6 Å². The number of urea groups is 1. The number of carbonyl (C=O) groups excluding carboxylic acids is 3. The zero-order valence-electron chi connectivity index (χ0n) is 15.6. The van der Waals surface area contributed by atoms with Crippen molar-refractivity contribution < 1.29 is 19.1 Å². The molecule has 0 aliphatic carbocycles. The predicted octanol–water partition coefficient (Wildman–Crippen LogP) is 2.41. The molecule has 1 aromatic carbocycles. The molecule has 0 fully saturated rings. The van der Waals surface area contributed by atoms with Crippen LogP contribution >= 0.6 is 11.3 Å². The third-order valence-corrected chi connectivity index (χ3v) is 4.77. The van der Waals surface area contributed by atoms with Crippen LogP contribution in [0.2, 0.25) is 0 Å². The van der Waals surface area contributed by atoms with Gasteiger partial charge in [-0.15, -0.1) is 11.3 Å². The van der Waals surface area contributed by atoms with E-state index in [1.165, 1.54) is 11.3 Å². The summed E-state index contributed by atoms with van der Waals surface area (Å²) in [6.07, 6.45) is 0.775. The summed E-state index contributed by atoms with van der Waals surface area (Å²) in [4.78, 5) is 36.8. The predicted molar refractivity (Wildman–Crippen MR) is 108 cm³/mol. The van der Waals surface area contributed by atoms with Gasteiger partial charge in [0.15, 0.2) is 0 Å². The van der Waals surface area contributed by atoms with Crippen molar-refractivity contribution >= 4 is 34.9 Å². The maximum absolute atomic E-state index is 12.4. The number of esters is 1. The van der Waals surface area contributed by atoms with Crippen molar-refractivity contribution in [1.29, 1.82) is 0 Å². The number of hydrazine groups is 1. The minimum atomic E-state index is -0.338. The van der Waals surface area contributed by atoms with E-state index in [0.29, 0.717) is 30.1 Å². The Balaban J connectivity index is 1.74. The second-order valence-corrected chi connectivity index (χ2v) is 6.96. The normalized spacial score (nSPS) is 10.2. The highest BCUT2D eigenvalue weighted by molar-refractivity contribution is 7.14. The summed E-state index contributed by atoms with van der Waals surface area (Å²) in [6, 6.07) is 12.1. The minimum absolute atomic E-state index is 0.265. The molecule has 0 saturated carbocycles. The Hall–Kier alpha value is -2.91. The lowest BCUT2D eigenvalue weighted by molar-refractivity contribution is -0.143. The molecule has 2 aromatic rings. The van der Waals surface area contributed by atoms with Crippen LogP contribution < -0.4 is 21.5 Å². The summed E-state index contributed by atoms with van der Waals surface area (Å²) < 4.78 is 4.82. The maximum atomic E-state index is 12.4. The van der Waals surface area contributed by atoms with Crippen molar-refractivity contribution in [2.24, 2.45) is 5.84 Å². The van der Waals surface area contributed by atoms with Crippen LogP contribution in [0.1, 0.15) is 34.3 Å². The second kappa shape index (κ2) is 11.1. The number of rotatable bonds is 9. The van der Waals surface area contributed by atoms with Crippen LogP contribution in [0.3, 0.4) is 0 Å². The zero-order chi connectivity index (χ0) is 20.4. The standard InChI is InChI=1S/C19H24N4O4S/c1-2-27-17(24)9-6-12-21-19(26)22-13-15-10-11-16(28-15)18(25)23(20)14-7-4-3-5-8-14/h3-5,7-8,10-11H,2,6,9,12-13,20H2,1H3,(H2,21,22,26). The van der Waals surface area contributed by atoms with Gasteiger partial charge in [-0.25, -0.2) is 15.6 Å². The van der Waals surface area contributed by atoms with Gasteiger partial charge in [-0.05, 0) is 37.6 Å². The summed E-state index contributed by atoms with van der Waals surface area (Å²) in [5, 5.41) is 6.48. The van der Waals surface area contributed by atoms with Crippen LogP contribution in [0.4, 0.5) is 10.5 Å². The first-order valence-electron chi connectivity index (χ1n) is 8.91. The fraction of sp³-hybridized carbons (Fsp3) is 0.316. The third-order valence-electron chi connectivity index (χ3n) is 3.70. The molecule has 0 aliphatic heterocycles. The molecule has 3 amide bonds. The Morgan fingerprint density at radius 1 is 1.11 bits per heavy atom. The van der Waals surface area contributed by atoms with Crippen molar-refractivity contribution in [3.8, 4) is 0 Å². The van der Waals surface area contributed by atoms with Crippen LogP contribution in [0, 0.1) is 0 Å². The largest absolute Gasteiger partial charge is 0.466 e. The molecular formula is C19H24N4O4S. The third kappa shape index (κ3) is 6.67. The molecule has 0 unspecified atom stereocenters. The maximum Gasteiger partial charge on any atom is 0.315 e. The van der Waals surface area contributed by atoms with Gasteiger partial charge >= 0.3 is 12.0 Å². The van der Waals surface area contributed by atoms with Crippen LogP contribution in [0.15, 0.2) is 42.5 Å². The Kier molecular flexibility index (Phi) is 8.44. The second-order valence-electron chi connectivity index (χ2n) is 5.79. The number of nitrogens with two attached hydrogens (primary N) is 1. The lowest BCUT2D eigenvalue weighted by Crippen LogP contribution is -2.37. The minimum Gasteiger partial charge on any atom is -0.466 e. The highest BCUT2D eigenvalue weighted by Crippen LogP contribution is 2.20. The molecule has 1 heterocycles. The van der Waals surface area contributed by atoms with E-state index in [4.69, 9.17) is 10.6 Å². The van der Waals surface area contributed by atoms with E-state index in [1.807, 2.05) is 6.07 Å². The van der Waals surface area contributed by atoms with Gasteiger partial charge in [0.25, 0.3) is 5.91 Å². The number of carbonyl (C=O) groups is 3. The molecule has 28 heavy (non-hydrogen) atoms. The van der Waals surface area contributed by atoms with Gasteiger partial charge in [-0.1, -0.05) is 18.2 Å². The van der Waals surface area contributed by atoms with Gasteiger partial charge < -0.3 is 15.4 Å². The lowest BCUT2D eigenvalue weighted by Gasteiger charge is -2.15. The van der Waals surface area contributed by atoms with Crippen LogP contribution in [-0.2, 0) is 16.1 Å². The van der Waals surface area contributed by atoms with Crippen LogP contribution in [0.25, 0.3) is 0 Å². The molecule has 150 valence electrons. The van der Waals surface area contributed by atoms with Gasteiger partial charge in [0, 0.05) is 17.8 Å². The molecule has 0 spiro atoms. The van der Waals surface area contributed by atoms with Gasteiger partial charge in [-0.2, -0.15) is 0 Å². The fourth-order valence-electron chi connectivity index (χ4n) is 2.31. The first-order valence-corrected chi connectivity index (χ1v) is 9.73. The number of hydrogen-bond acceptors (Lipinski definition) is 6. The Morgan fingerprint density at radius 3 is 2.57 bits per heavy atom. The number of nitrogens with zero attached hydrogens (tertiary/aromatic N) is 1. The van der Waals surface area contributed by atoms with Crippen molar-refractivity contribution in [1.82, 2.24) is 10.6 Å². The van der Waals surface area contributed by atoms with E-state index in [1.54, 1.807) is 43.3 Å². The molecule has 0 saturated heterocycles. The number of ether oxygens (including phenoxy) is 1. The molecule has 2 rings (SSSR count). The highest BCUT2D eigenvalue weighted by atomic mass is 32.1. The summed E-state index contributed by atoms with van der Waals surface area (Å²) in [5.74, 6) is 5.30. The number of hydrogen-bond donors (Lipinski definition) is 3.